The van der Waals surface area contributed by atoms with E-state index in [2.05, 4.69) is 0 Å². The van der Waals surface area contributed by atoms with Crippen molar-refractivity contribution in [3.05, 3.63) is 24.0 Å². The predicted octanol–water partition coefficient (Wildman–Crippen LogP) is 1.86. The molecule has 0 bridgehead atoms. The van der Waals surface area contributed by atoms with Crippen molar-refractivity contribution in [1.82, 2.24) is 4.31 Å². The van der Waals surface area contributed by atoms with Crippen molar-refractivity contribution < 1.29 is 17.5 Å². The number of rotatable bonds is 3. The molecule has 4 nitrogen and oxygen atoms in total. The molecule has 0 aliphatic carbocycles. The molecule has 1 saturated heterocycles. The van der Waals surface area contributed by atoms with Gasteiger partial charge >= 0.3 is 0 Å². The summed E-state index contributed by atoms with van der Waals surface area (Å²) in [6.07, 6.45) is 0.816. The lowest BCUT2D eigenvalue weighted by atomic mass is 10.2. The second kappa shape index (κ2) is 4.85. The molecule has 1 aliphatic heterocycles. The Morgan fingerprint density at radius 1 is 1.44 bits per heavy atom. The molecule has 2 rings (SSSR count). The van der Waals surface area contributed by atoms with Crippen LogP contribution >= 0.6 is 0 Å². The molecule has 18 heavy (non-hydrogen) atoms. The zero-order valence-electron chi connectivity index (χ0n) is 10.4. The Kier molecular flexibility index (Phi) is 3.59. The third-order valence-corrected chi connectivity index (χ3v) is 5.04. The number of nitrogens with zero attached hydrogens (tertiary/aromatic N) is 1. The molecule has 1 atom stereocenters. The van der Waals surface area contributed by atoms with Crippen molar-refractivity contribution in [1.29, 1.82) is 0 Å². The summed E-state index contributed by atoms with van der Waals surface area (Å²) < 4.78 is 44.5. The maximum atomic E-state index is 13.8. The number of hydrogen-bond donors (Lipinski definition) is 0. The summed E-state index contributed by atoms with van der Waals surface area (Å²) >= 11 is 0. The standard InChI is InChI=1S/C12H16FNO3S/c1-9-5-6-14(8-9)18(15,16)12-4-3-10(17-2)7-11(12)13/h3-4,7,9H,5-6,8H2,1-2H3/t9-/m0/s1. The van der Waals surface area contributed by atoms with Gasteiger partial charge in [0.15, 0.2) is 0 Å². The summed E-state index contributed by atoms with van der Waals surface area (Å²) in [4.78, 5) is -0.280. The maximum absolute atomic E-state index is 13.8. The SMILES string of the molecule is COc1ccc(S(=O)(=O)N2CC[C@H](C)C2)c(F)c1. The first kappa shape index (κ1) is 13.3. The first-order valence-corrected chi connectivity index (χ1v) is 7.23. The molecule has 100 valence electrons. The van der Waals surface area contributed by atoms with Crippen LogP contribution in [-0.2, 0) is 10.0 Å². The van der Waals surface area contributed by atoms with Crippen LogP contribution in [0.5, 0.6) is 5.75 Å². The fourth-order valence-electron chi connectivity index (χ4n) is 2.07. The van der Waals surface area contributed by atoms with Crippen molar-refractivity contribution in [3.63, 3.8) is 0 Å². The maximum Gasteiger partial charge on any atom is 0.245 e. The Balaban J connectivity index is 2.36. The minimum Gasteiger partial charge on any atom is -0.497 e. The molecular formula is C12H16FNO3S. The molecule has 1 fully saturated rings. The predicted molar refractivity (Wildman–Crippen MR) is 65.5 cm³/mol. The number of sulfonamides is 1. The van der Waals surface area contributed by atoms with Gasteiger partial charge in [0.1, 0.15) is 16.5 Å². The van der Waals surface area contributed by atoms with Crippen LogP contribution in [0.2, 0.25) is 0 Å². The summed E-state index contributed by atoms with van der Waals surface area (Å²) in [5.74, 6) is -0.142. The number of ether oxygens (including phenoxy) is 1. The number of hydrogen-bond acceptors (Lipinski definition) is 3. The van der Waals surface area contributed by atoms with E-state index in [9.17, 15) is 12.8 Å². The molecule has 1 aromatic carbocycles. The molecule has 0 amide bonds. The third kappa shape index (κ3) is 2.35. The quantitative estimate of drug-likeness (QED) is 0.844. The van der Waals surface area contributed by atoms with Gasteiger partial charge in [-0.1, -0.05) is 6.92 Å². The molecule has 1 heterocycles. The molecule has 0 spiro atoms. The fourth-order valence-corrected chi connectivity index (χ4v) is 3.69. The van der Waals surface area contributed by atoms with Crippen LogP contribution in [0.3, 0.4) is 0 Å². The van der Waals surface area contributed by atoms with E-state index >= 15 is 0 Å². The van der Waals surface area contributed by atoms with Crippen LogP contribution in [0, 0.1) is 11.7 Å². The monoisotopic (exact) mass is 273 g/mol. The van der Waals surface area contributed by atoms with E-state index in [1.165, 1.54) is 23.5 Å². The van der Waals surface area contributed by atoms with Crippen LogP contribution < -0.4 is 4.74 Å². The summed E-state index contributed by atoms with van der Waals surface area (Å²) in [6.45, 7) is 2.89. The smallest absolute Gasteiger partial charge is 0.245 e. The van der Waals surface area contributed by atoms with Gasteiger partial charge in [0.2, 0.25) is 10.0 Å². The van der Waals surface area contributed by atoms with E-state index in [-0.39, 0.29) is 4.90 Å². The number of benzene rings is 1. The van der Waals surface area contributed by atoms with Crippen molar-refractivity contribution in [2.45, 2.75) is 18.2 Å². The first-order valence-electron chi connectivity index (χ1n) is 5.79. The Morgan fingerprint density at radius 2 is 2.17 bits per heavy atom. The van der Waals surface area contributed by atoms with Crippen molar-refractivity contribution in [3.8, 4) is 5.75 Å². The average molecular weight is 273 g/mol. The summed E-state index contributed by atoms with van der Waals surface area (Å²) in [6, 6.07) is 3.80. The lowest BCUT2D eigenvalue weighted by Crippen LogP contribution is -2.29. The van der Waals surface area contributed by atoms with Gasteiger partial charge in [0.25, 0.3) is 0 Å². The highest BCUT2D eigenvalue weighted by Gasteiger charge is 2.32. The van der Waals surface area contributed by atoms with Gasteiger partial charge in [-0.3, -0.25) is 0 Å². The van der Waals surface area contributed by atoms with Gasteiger partial charge in [-0.2, -0.15) is 4.31 Å². The average Bonchev–Trinajstić information content (AvgIpc) is 2.76. The number of methoxy groups -OCH3 is 1. The Morgan fingerprint density at radius 3 is 2.67 bits per heavy atom. The minimum absolute atomic E-state index is 0.280. The zero-order valence-corrected chi connectivity index (χ0v) is 11.2. The highest BCUT2D eigenvalue weighted by Crippen LogP contribution is 2.27. The van der Waals surface area contributed by atoms with E-state index in [0.29, 0.717) is 24.8 Å². The molecule has 1 aromatic rings. The first-order chi connectivity index (χ1) is 8.45. The van der Waals surface area contributed by atoms with Gasteiger partial charge in [0.05, 0.1) is 7.11 Å². The van der Waals surface area contributed by atoms with Crippen molar-refractivity contribution in [2.75, 3.05) is 20.2 Å². The van der Waals surface area contributed by atoms with Crippen LogP contribution in [-0.4, -0.2) is 32.9 Å². The lowest BCUT2D eigenvalue weighted by Gasteiger charge is -2.16. The van der Waals surface area contributed by atoms with E-state index in [4.69, 9.17) is 4.74 Å². The van der Waals surface area contributed by atoms with Gasteiger partial charge in [-0.25, -0.2) is 12.8 Å². The molecular weight excluding hydrogens is 257 g/mol. The second-order valence-corrected chi connectivity index (χ2v) is 6.46. The fraction of sp³-hybridized carbons (Fsp3) is 0.500. The van der Waals surface area contributed by atoms with Crippen molar-refractivity contribution >= 4 is 10.0 Å². The van der Waals surface area contributed by atoms with E-state index < -0.39 is 15.8 Å². The highest BCUT2D eigenvalue weighted by molar-refractivity contribution is 7.89. The van der Waals surface area contributed by atoms with E-state index in [1.54, 1.807) is 0 Å². The molecule has 0 saturated carbocycles. The Labute approximate surface area is 106 Å². The van der Waals surface area contributed by atoms with Gasteiger partial charge in [-0.15, -0.1) is 0 Å². The van der Waals surface area contributed by atoms with Crippen LogP contribution in [0.15, 0.2) is 23.1 Å². The summed E-state index contributed by atoms with van der Waals surface area (Å²) in [7, 11) is -2.32. The molecule has 0 unspecified atom stereocenters. The highest BCUT2D eigenvalue weighted by atomic mass is 32.2. The van der Waals surface area contributed by atoms with Gasteiger partial charge < -0.3 is 4.74 Å². The zero-order chi connectivity index (χ0) is 13.3. The van der Waals surface area contributed by atoms with Crippen LogP contribution in [0.4, 0.5) is 4.39 Å². The largest absolute Gasteiger partial charge is 0.497 e. The van der Waals surface area contributed by atoms with E-state index in [1.807, 2.05) is 6.92 Å². The molecule has 6 heteroatoms. The van der Waals surface area contributed by atoms with Crippen LogP contribution in [0.25, 0.3) is 0 Å². The Hall–Kier alpha value is -1.14. The van der Waals surface area contributed by atoms with Gasteiger partial charge in [-0.05, 0) is 24.5 Å². The van der Waals surface area contributed by atoms with Crippen molar-refractivity contribution in [2.24, 2.45) is 5.92 Å². The Bertz CT molecular complexity index is 544. The molecule has 0 radical (unpaired) electrons. The summed E-state index contributed by atoms with van der Waals surface area (Å²) in [5, 5.41) is 0. The molecule has 1 aliphatic rings. The number of halogens is 1. The summed E-state index contributed by atoms with van der Waals surface area (Å²) in [5.41, 5.74) is 0. The van der Waals surface area contributed by atoms with Gasteiger partial charge in [0, 0.05) is 19.2 Å². The molecule has 0 aromatic heterocycles. The topological polar surface area (TPSA) is 46.6 Å². The molecule has 0 N–H and O–H groups in total. The third-order valence-electron chi connectivity index (χ3n) is 3.14. The lowest BCUT2D eigenvalue weighted by molar-refractivity contribution is 0.409. The van der Waals surface area contributed by atoms with Crippen LogP contribution in [0.1, 0.15) is 13.3 Å². The minimum atomic E-state index is -3.72. The second-order valence-electron chi connectivity index (χ2n) is 4.55. The normalized spacial score (nSPS) is 21.2. The van der Waals surface area contributed by atoms with E-state index in [0.717, 1.165) is 12.5 Å².